The van der Waals surface area contributed by atoms with Crippen molar-refractivity contribution in [3.05, 3.63) is 29.5 Å². The van der Waals surface area contributed by atoms with Gasteiger partial charge in [0.25, 0.3) is 0 Å². The smallest absolute Gasteiger partial charge is 0.163 e. The summed E-state index contributed by atoms with van der Waals surface area (Å²) in [5.41, 5.74) is -0.433. The topological polar surface area (TPSA) is 124 Å². The lowest BCUT2D eigenvalue weighted by atomic mass is 10.2. The van der Waals surface area contributed by atoms with Gasteiger partial charge in [0.2, 0.25) is 0 Å². The molecule has 0 saturated carbocycles. The first kappa shape index (κ1) is 11.9. The highest BCUT2D eigenvalue weighted by Crippen LogP contribution is 2.25. The fraction of sp³-hybridized carbons (Fsp3) is 0. The second-order valence-corrected chi connectivity index (χ2v) is 2.95. The Morgan fingerprint density at radius 1 is 0.941 bits per heavy atom. The average Bonchev–Trinajstić information content (AvgIpc) is 2.27. The molecule has 0 aliphatic heterocycles. The van der Waals surface area contributed by atoms with Crippen molar-refractivity contribution in [2.75, 3.05) is 5.32 Å². The average molecular weight is 226 g/mol. The van der Waals surface area contributed by atoms with E-state index < -0.39 is 0 Å². The molecule has 0 atom stereocenters. The Hall–Kier alpha value is -3.17. The van der Waals surface area contributed by atoms with Gasteiger partial charge in [-0.3, -0.25) is 0 Å². The second-order valence-electron chi connectivity index (χ2n) is 2.95. The summed E-state index contributed by atoms with van der Waals surface area (Å²) in [6, 6.07) is 8.36. The fourth-order valence-corrected chi connectivity index (χ4v) is 1.09. The van der Waals surface area contributed by atoms with Gasteiger partial charge in [-0.05, 0) is 0 Å². The summed E-state index contributed by atoms with van der Waals surface area (Å²) in [7, 11) is 0. The van der Waals surface area contributed by atoms with Gasteiger partial charge in [-0.1, -0.05) is 0 Å². The molecule has 1 rings (SSSR count). The molecule has 0 aliphatic carbocycles. The molecule has 82 valence electrons. The van der Waals surface area contributed by atoms with Gasteiger partial charge >= 0.3 is 0 Å². The summed E-state index contributed by atoms with van der Waals surface area (Å²) in [6.45, 7) is 0. The lowest BCUT2D eigenvalue weighted by Gasteiger charge is -2.05. The van der Waals surface area contributed by atoms with Crippen LogP contribution in [0.25, 0.3) is 0 Å². The molecular weight excluding hydrogens is 220 g/mol. The number of benzene rings is 1. The Morgan fingerprint density at radius 2 is 1.47 bits per heavy atom. The zero-order valence-corrected chi connectivity index (χ0v) is 8.47. The van der Waals surface area contributed by atoms with Crippen LogP contribution in [0.5, 0.6) is 11.5 Å². The van der Waals surface area contributed by atoms with Crippen molar-refractivity contribution in [2.24, 2.45) is 0 Å². The molecule has 6 nitrogen and oxygen atoms in total. The van der Waals surface area contributed by atoms with Crippen molar-refractivity contribution >= 4 is 5.69 Å². The minimum Gasteiger partial charge on any atom is -0.508 e. The SMILES string of the molecule is N#CC(C#N)=C(C#N)Nc1cc(O)cc(O)c1. The van der Waals surface area contributed by atoms with Gasteiger partial charge in [-0.2, -0.15) is 15.8 Å². The molecule has 1 aromatic carbocycles. The zero-order valence-electron chi connectivity index (χ0n) is 8.47. The van der Waals surface area contributed by atoms with Crippen molar-refractivity contribution in [1.82, 2.24) is 0 Å². The van der Waals surface area contributed by atoms with Crippen LogP contribution >= 0.6 is 0 Å². The molecule has 0 bridgehead atoms. The normalized spacial score (nSPS) is 8.29. The molecule has 0 aromatic heterocycles. The first-order chi connectivity index (χ1) is 8.10. The Kier molecular flexibility index (Phi) is 3.55. The van der Waals surface area contributed by atoms with Crippen LogP contribution in [-0.4, -0.2) is 10.2 Å². The highest BCUT2D eigenvalue weighted by molar-refractivity contribution is 5.61. The first-order valence-electron chi connectivity index (χ1n) is 4.35. The number of allylic oxidation sites excluding steroid dienone is 2. The van der Waals surface area contributed by atoms with Crippen molar-refractivity contribution in [2.45, 2.75) is 0 Å². The van der Waals surface area contributed by atoms with Crippen LogP contribution in [0.2, 0.25) is 0 Å². The standard InChI is InChI=1S/C11H6N4O2/c12-4-7(5-13)11(6-14)15-8-1-9(16)3-10(17)2-8/h1-3,15-17H. The van der Waals surface area contributed by atoms with Crippen molar-refractivity contribution in [1.29, 1.82) is 15.8 Å². The van der Waals surface area contributed by atoms with E-state index in [1.807, 2.05) is 0 Å². The minimum atomic E-state index is -0.379. The molecule has 0 heterocycles. The molecule has 0 aliphatic rings. The van der Waals surface area contributed by atoms with E-state index in [-0.39, 0.29) is 28.5 Å². The highest BCUT2D eigenvalue weighted by atomic mass is 16.3. The maximum Gasteiger partial charge on any atom is 0.163 e. The number of aromatic hydroxyl groups is 2. The molecule has 3 N–H and O–H groups in total. The van der Waals surface area contributed by atoms with E-state index in [1.54, 1.807) is 18.2 Å². The quantitative estimate of drug-likeness (QED) is 0.653. The molecule has 17 heavy (non-hydrogen) atoms. The summed E-state index contributed by atoms with van der Waals surface area (Å²) >= 11 is 0. The van der Waals surface area contributed by atoms with E-state index >= 15 is 0 Å². The second kappa shape index (κ2) is 5.06. The largest absolute Gasteiger partial charge is 0.508 e. The Bertz CT molecular complexity index is 563. The summed E-state index contributed by atoms with van der Waals surface area (Å²) in [5, 5.41) is 46.8. The first-order valence-corrected chi connectivity index (χ1v) is 4.35. The van der Waals surface area contributed by atoms with Gasteiger partial charge in [0.15, 0.2) is 5.57 Å². The number of nitrogens with zero attached hydrogens (tertiary/aromatic N) is 3. The number of phenols is 2. The molecule has 6 heteroatoms. The number of anilines is 1. The monoisotopic (exact) mass is 226 g/mol. The number of hydrogen-bond donors (Lipinski definition) is 3. The summed E-state index contributed by atoms with van der Waals surface area (Å²) in [5.74, 6) is -0.416. The van der Waals surface area contributed by atoms with E-state index in [2.05, 4.69) is 5.32 Å². The third kappa shape index (κ3) is 2.89. The van der Waals surface area contributed by atoms with Gasteiger partial charge in [0, 0.05) is 23.9 Å². The van der Waals surface area contributed by atoms with E-state index in [4.69, 9.17) is 15.8 Å². The van der Waals surface area contributed by atoms with Crippen LogP contribution < -0.4 is 5.32 Å². The number of nitriles is 3. The van der Waals surface area contributed by atoms with Gasteiger partial charge < -0.3 is 15.5 Å². The maximum absolute atomic E-state index is 9.20. The van der Waals surface area contributed by atoms with E-state index in [0.29, 0.717) is 0 Å². The summed E-state index contributed by atoms with van der Waals surface area (Å²) in [4.78, 5) is 0. The van der Waals surface area contributed by atoms with Crippen LogP contribution in [-0.2, 0) is 0 Å². The lowest BCUT2D eigenvalue weighted by molar-refractivity contribution is 0.451. The Balaban J connectivity index is 3.15. The van der Waals surface area contributed by atoms with E-state index in [1.165, 1.54) is 12.1 Å². The highest BCUT2D eigenvalue weighted by Gasteiger charge is 2.07. The molecule has 0 saturated heterocycles. The zero-order chi connectivity index (χ0) is 12.8. The third-order valence-corrected chi connectivity index (χ3v) is 1.76. The molecule has 0 spiro atoms. The minimum absolute atomic E-state index is 0.196. The predicted molar refractivity (Wildman–Crippen MR) is 57.3 cm³/mol. The lowest BCUT2D eigenvalue weighted by Crippen LogP contribution is -2.00. The van der Waals surface area contributed by atoms with Gasteiger partial charge in [-0.15, -0.1) is 0 Å². The Morgan fingerprint density at radius 3 is 1.88 bits per heavy atom. The summed E-state index contributed by atoms with van der Waals surface area (Å²) in [6.07, 6.45) is 0. The van der Waals surface area contributed by atoms with Crippen molar-refractivity contribution < 1.29 is 10.2 Å². The van der Waals surface area contributed by atoms with Crippen LogP contribution in [0.15, 0.2) is 29.5 Å². The number of rotatable bonds is 2. The third-order valence-electron chi connectivity index (χ3n) is 1.76. The molecule has 0 amide bonds. The maximum atomic E-state index is 9.20. The molecular formula is C11H6N4O2. The number of phenolic OH excluding ortho intramolecular Hbond substituents is 2. The van der Waals surface area contributed by atoms with Crippen LogP contribution in [0, 0.1) is 34.0 Å². The van der Waals surface area contributed by atoms with Gasteiger partial charge in [0.1, 0.15) is 35.4 Å². The van der Waals surface area contributed by atoms with Crippen LogP contribution in [0.1, 0.15) is 0 Å². The molecule has 0 radical (unpaired) electrons. The molecule has 0 fully saturated rings. The van der Waals surface area contributed by atoms with E-state index in [0.717, 1.165) is 6.07 Å². The number of nitrogens with one attached hydrogen (secondary N) is 1. The molecule has 1 aromatic rings. The summed E-state index contributed by atoms with van der Waals surface area (Å²) < 4.78 is 0. The Labute approximate surface area is 96.9 Å². The van der Waals surface area contributed by atoms with Gasteiger partial charge in [-0.25, -0.2) is 0 Å². The van der Waals surface area contributed by atoms with Crippen molar-refractivity contribution in [3.63, 3.8) is 0 Å². The van der Waals surface area contributed by atoms with Crippen LogP contribution in [0.3, 0.4) is 0 Å². The van der Waals surface area contributed by atoms with Crippen molar-refractivity contribution in [3.8, 4) is 29.7 Å². The van der Waals surface area contributed by atoms with Gasteiger partial charge in [0.05, 0.1) is 0 Å². The van der Waals surface area contributed by atoms with Crippen LogP contribution in [0.4, 0.5) is 5.69 Å². The predicted octanol–water partition coefficient (Wildman–Crippen LogP) is 1.33. The van der Waals surface area contributed by atoms with E-state index in [9.17, 15) is 10.2 Å². The molecule has 0 unspecified atom stereocenters. The number of hydrogen-bond acceptors (Lipinski definition) is 6. The fourth-order valence-electron chi connectivity index (χ4n) is 1.09.